The van der Waals surface area contributed by atoms with E-state index in [4.69, 9.17) is 0 Å². The van der Waals surface area contributed by atoms with Crippen LogP contribution in [0.3, 0.4) is 0 Å². The van der Waals surface area contributed by atoms with Gasteiger partial charge in [0, 0.05) is 43.6 Å². The number of thiazole rings is 1. The highest BCUT2D eigenvalue weighted by molar-refractivity contribution is 7.07. The molecule has 0 atom stereocenters. The summed E-state index contributed by atoms with van der Waals surface area (Å²) in [5.74, 6) is -0.626. The van der Waals surface area contributed by atoms with Gasteiger partial charge in [-0.15, -0.1) is 11.3 Å². The van der Waals surface area contributed by atoms with Crippen LogP contribution in [0.4, 0.5) is 11.4 Å². The van der Waals surface area contributed by atoms with E-state index < -0.39 is 5.91 Å². The molecule has 1 aromatic heterocycles. The standard InChI is InChI=1S/C22H27N5O3S/c1-6-24-19(28)17(12-23)22-27(7-2)21(30)18(31-22)13-25-15-9-8-10-16(11-15)26(5)20(29)14(3)4/h8-11,13-14,25H,6-7H2,1-5H3,(H,24,28). The summed E-state index contributed by atoms with van der Waals surface area (Å²) in [7, 11) is 1.72. The number of aromatic nitrogens is 1. The van der Waals surface area contributed by atoms with Crippen molar-refractivity contribution in [1.82, 2.24) is 9.88 Å². The molecule has 2 amide bonds. The number of benzene rings is 1. The molecule has 2 aromatic rings. The Morgan fingerprint density at radius 1 is 1.32 bits per heavy atom. The SMILES string of the molecule is CCNC(=O)C(C#N)=c1sc(=CNc2cccc(N(C)C(=O)C(C)C)c2)c(=O)n1CC. The number of nitrogens with zero attached hydrogens (tertiary/aromatic N) is 3. The van der Waals surface area contributed by atoms with Crippen molar-refractivity contribution in [3.05, 3.63) is 43.8 Å². The Morgan fingerprint density at radius 2 is 2.03 bits per heavy atom. The van der Waals surface area contributed by atoms with Crippen molar-refractivity contribution < 1.29 is 9.59 Å². The van der Waals surface area contributed by atoms with Crippen molar-refractivity contribution >= 4 is 46.3 Å². The largest absolute Gasteiger partial charge is 0.360 e. The second kappa shape index (κ2) is 10.6. The second-order valence-corrected chi connectivity index (χ2v) is 8.09. The maximum absolute atomic E-state index is 12.8. The lowest BCUT2D eigenvalue weighted by Crippen LogP contribution is -2.34. The Kier molecular flexibility index (Phi) is 8.16. The number of hydrogen-bond acceptors (Lipinski definition) is 6. The van der Waals surface area contributed by atoms with Crippen LogP contribution in [0.5, 0.6) is 0 Å². The second-order valence-electron chi connectivity index (χ2n) is 7.06. The number of carbonyl (C=O) groups is 2. The number of amides is 2. The molecule has 2 rings (SSSR count). The maximum atomic E-state index is 12.8. The first-order valence-corrected chi connectivity index (χ1v) is 10.8. The molecule has 0 bridgehead atoms. The average molecular weight is 442 g/mol. The lowest BCUT2D eigenvalue weighted by Gasteiger charge is -2.20. The summed E-state index contributed by atoms with van der Waals surface area (Å²) in [6, 6.07) is 9.20. The highest BCUT2D eigenvalue weighted by atomic mass is 32.1. The number of anilines is 2. The summed E-state index contributed by atoms with van der Waals surface area (Å²) in [6.45, 7) is 7.95. The summed E-state index contributed by atoms with van der Waals surface area (Å²) < 4.78 is 2.10. The minimum Gasteiger partial charge on any atom is -0.360 e. The lowest BCUT2D eigenvalue weighted by atomic mass is 10.1. The first-order valence-electron chi connectivity index (χ1n) is 10.0. The molecule has 0 saturated carbocycles. The van der Waals surface area contributed by atoms with Crippen LogP contribution in [-0.2, 0) is 16.1 Å². The van der Waals surface area contributed by atoms with Gasteiger partial charge in [-0.1, -0.05) is 19.9 Å². The predicted octanol–water partition coefficient (Wildman–Crippen LogP) is 1.21. The number of carbonyl (C=O) groups excluding carboxylic acids is 2. The van der Waals surface area contributed by atoms with Crippen molar-refractivity contribution in [2.45, 2.75) is 34.2 Å². The monoisotopic (exact) mass is 441 g/mol. The molecule has 8 nitrogen and oxygen atoms in total. The molecule has 164 valence electrons. The Morgan fingerprint density at radius 3 is 2.61 bits per heavy atom. The Balaban J connectivity index is 2.47. The van der Waals surface area contributed by atoms with Gasteiger partial charge in [-0.25, -0.2) is 0 Å². The molecule has 0 aliphatic carbocycles. The molecule has 0 aliphatic rings. The Bertz CT molecular complexity index is 1190. The molecule has 1 heterocycles. The van der Waals surface area contributed by atoms with E-state index in [1.165, 1.54) is 4.57 Å². The van der Waals surface area contributed by atoms with Crippen LogP contribution in [-0.4, -0.2) is 30.0 Å². The van der Waals surface area contributed by atoms with Gasteiger partial charge in [-0.3, -0.25) is 19.0 Å². The third kappa shape index (κ3) is 5.41. The number of nitrogens with one attached hydrogen (secondary N) is 2. The van der Waals surface area contributed by atoms with Gasteiger partial charge < -0.3 is 15.5 Å². The fourth-order valence-electron chi connectivity index (χ4n) is 2.90. The summed E-state index contributed by atoms with van der Waals surface area (Å²) in [4.78, 5) is 38.8. The van der Waals surface area contributed by atoms with Gasteiger partial charge in [0.05, 0.1) is 0 Å². The maximum Gasteiger partial charge on any atom is 0.270 e. The van der Waals surface area contributed by atoms with Crippen molar-refractivity contribution in [2.24, 2.45) is 5.92 Å². The van der Waals surface area contributed by atoms with Gasteiger partial charge in [-0.05, 0) is 32.0 Å². The minimum atomic E-state index is -0.501. The summed E-state index contributed by atoms with van der Waals surface area (Å²) in [6.07, 6.45) is 1.55. The van der Waals surface area contributed by atoms with E-state index in [0.717, 1.165) is 17.0 Å². The van der Waals surface area contributed by atoms with Gasteiger partial charge >= 0.3 is 0 Å². The molecule has 0 fully saturated rings. The predicted molar refractivity (Wildman–Crippen MR) is 124 cm³/mol. The van der Waals surface area contributed by atoms with Gasteiger partial charge in [0.25, 0.3) is 11.5 Å². The zero-order valence-electron chi connectivity index (χ0n) is 18.4. The van der Waals surface area contributed by atoms with Crippen molar-refractivity contribution in [3.63, 3.8) is 0 Å². The Hall–Kier alpha value is -3.38. The third-order valence-electron chi connectivity index (χ3n) is 4.54. The molecule has 0 radical (unpaired) electrons. The van der Waals surface area contributed by atoms with E-state index in [9.17, 15) is 19.6 Å². The molecule has 0 aliphatic heterocycles. The van der Waals surface area contributed by atoms with Gasteiger partial charge in [-0.2, -0.15) is 5.26 Å². The van der Waals surface area contributed by atoms with E-state index in [1.807, 2.05) is 44.2 Å². The van der Waals surface area contributed by atoms with Crippen LogP contribution >= 0.6 is 11.3 Å². The van der Waals surface area contributed by atoms with E-state index in [-0.39, 0.29) is 23.0 Å². The van der Waals surface area contributed by atoms with Crippen LogP contribution in [0.15, 0.2) is 29.1 Å². The Labute approximate surface area is 185 Å². The van der Waals surface area contributed by atoms with Gasteiger partial charge in [0.1, 0.15) is 15.3 Å². The highest BCUT2D eigenvalue weighted by Crippen LogP contribution is 2.20. The van der Waals surface area contributed by atoms with Crippen LogP contribution in [0.25, 0.3) is 11.8 Å². The van der Waals surface area contributed by atoms with E-state index in [0.29, 0.717) is 28.0 Å². The molecular weight excluding hydrogens is 414 g/mol. The fourth-order valence-corrected chi connectivity index (χ4v) is 3.99. The van der Waals surface area contributed by atoms with Gasteiger partial charge in [0.15, 0.2) is 5.57 Å². The highest BCUT2D eigenvalue weighted by Gasteiger charge is 2.16. The molecule has 0 spiro atoms. The number of rotatable bonds is 7. The average Bonchev–Trinajstić information content (AvgIpc) is 3.07. The van der Waals surface area contributed by atoms with Crippen LogP contribution < -0.4 is 30.3 Å². The van der Waals surface area contributed by atoms with Crippen LogP contribution in [0.2, 0.25) is 0 Å². The molecule has 1 aromatic carbocycles. The molecular formula is C22H27N5O3S. The third-order valence-corrected chi connectivity index (χ3v) is 5.67. The van der Waals surface area contributed by atoms with Crippen LogP contribution in [0.1, 0.15) is 27.7 Å². The normalized spacial score (nSPS) is 12.4. The molecule has 31 heavy (non-hydrogen) atoms. The quantitative estimate of drug-likeness (QED) is 0.672. The summed E-state index contributed by atoms with van der Waals surface area (Å²) in [5.41, 5.74) is 1.06. The smallest absolute Gasteiger partial charge is 0.270 e. The first-order chi connectivity index (χ1) is 14.7. The van der Waals surface area contributed by atoms with Crippen molar-refractivity contribution in [1.29, 1.82) is 5.26 Å². The molecule has 9 heteroatoms. The number of hydrogen-bond donors (Lipinski definition) is 2. The topological polar surface area (TPSA) is 107 Å². The first kappa shape index (κ1) is 23.9. The minimum absolute atomic E-state index is 0.000198. The fraction of sp³-hybridized carbons (Fsp3) is 0.364. The molecule has 0 unspecified atom stereocenters. The summed E-state index contributed by atoms with van der Waals surface area (Å²) >= 11 is 1.08. The van der Waals surface area contributed by atoms with Gasteiger partial charge in [0.2, 0.25) is 5.91 Å². The van der Waals surface area contributed by atoms with Crippen LogP contribution in [0, 0.1) is 17.2 Å². The van der Waals surface area contributed by atoms with Crippen molar-refractivity contribution in [3.8, 4) is 6.07 Å². The molecule has 0 saturated heterocycles. The summed E-state index contributed by atoms with van der Waals surface area (Å²) in [5, 5.41) is 15.1. The molecule has 2 N–H and O–H groups in total. The lowest BCUT2D eigenvalue weighted by molar-refractivity contribution is -0.121. The zero-order chi connectivity index (χ0) is 23.1. The van der Waals surface area contributed by atoms with Crippen molar-refractivity contribution in [2.75, 3.05) is 23.8 Å². The zero-order valence-corrected chi connectivity index (χ0v) is 19.2. The number of nitriles is 1. The van der Waals surface area contributed by atoms with E-state index in [1.54, 1.807) is 32.0 Å². The van der Waals surface area contributed by atoms with E-state index in [2.05, 4.69) is 10.6 Å². The van der Waals surface area contributed by atoms with E-state index >= 15 is 0 Å².